The van der Waals surface area contributed by atoms with E-state index in [0.29, 0.717) is 16.4 Å². The molecule has 0 atom stereocenters. The van der Waals surface area contributed by atoms with Crippen molar-refractivity contribution >= 4 is 11.7 Å². The Labute approximate surface area is 142 Å². The van der Waals surface area contributed by atoms with E-state index in [-0.39, 0.29) is 0 Å². The molecule has 3 nitrogen and oxygen atoms in total. The van der Waals surface area contributed by atoms with Gasteiger partial charge in [-0.2, -0.15) is 0 Å². The first-order valence-corrected chi connectivity index (χ1v) is 8.72. The summed E-state index contributed by atoms with van der Waals surface area (Å²) >= 11 is 0. The third-order valence-electron chi connectivity index (χ3n) is 4.18. The molecule has 23 heavy (non-hydrogen) atoms. The Morgan fingerprint density at radius 1 is 1.04 bits per heavy atom. The number of hydrogen-bond acceptors (Lipinski definition) is 2. The molecular formula is C20H35NO2. The molecule has 0 amide bonds. The number of carboxylic acid groups (broad SMARTS) is 1. The van der Waals surface area contributed by atoms with Crippen LogP contribution >= 0.6 is 0 Å². The molecule has 0 bridgehead atoms. The van der Waals surface area contributed by atoms with Crippen molar-refractivity contribution in [1.82, 2.24) is 0 Å². The summed E-state index contributed by atoms with van der Waals surface area (Å²) in [5.41, 5.74) is 1.98. The SMILES string of the molecule is CC.CCC(C)(C)CC(C)(C)CCNc1ccc(C(=O)O)cc1. The maximum absolute atomic E-state index is 10.8. The molecule has 1 rings (SSSR count). The van der Waals surface area contributed by atoms with Gasteiger partial charge in [-0.1, -0.05) is 54.9 Å². The highest BCUT2D eigenvalue weighted by Gasteiger charge is 2.27. The smallest absolute Gasteiger partial charge is 0.335 e. The molecule has 2 N–H and O–H groups in total. The van der Waals surface area contributed by atoms with Crippen LogP contribution in [0.25, 0.3) is 0 Å². The topological polar surface area (TPSA) is 49.3 Å². The van der Waals surface area contributed by atoms with Gasteiger partial charge in [0, 0.05) is 12.2 Å². The fourth-order valence-corrected chi connectivity index (χ4v) is 2.78. The fourth-order valence-electron chi connectivity index (χ4n) is 2.78. The summed E-state index contributed by atoms with van der Waals surface area (Å²) < 4.78 is 0. The number of carboxylic acids is 1. The Bertz CT molecular complexity index is 461. The fraction of sp³-hybridized carbons (Fsp3) is 0.650. The van der Waals surface area contributed by atoms with Gasteiger partial charge in [0.05, 0.1) is 5.56 Å². The van der Waals surface area contributed by atoms with Gasteiger partial charge in [0.25, 0.3) is 0 Å². The molecule has 0 saturated carbocycles. The minimum Gasteiger partial charge on any atom is -0.478 e. The predicted octanol–water partition coefficient (Wildman–Crippen LogP) is 6.07. The molecular weight excluding hydrogens is 286 g/mol. The molecule has 132 valence electrons. The first kappa shape index (κ1) is 21.5. The lowest BCUT2D eigenvalue weighted by molar-refractivity contribution is 0.0697. The molecule has 1 aromatic carbocycles. The van der Waals surface area contributed by atoms with Gasteiger partial charge in [-0.15, -0.1) is 0 Å². The molecule has 0 aliphatic heterocycles. The van der Waals surface area contributed by atoms with Crippen molar-refractivity contribution in [2.75, 3.05) is 11.9 Å². The first-order valence-electron chi connectivity index (χ1n) is 8.72. The zero-order valence-electron chi connectivity index (χ0n) is 16.0. The molecule has 0 aromatic heterocycles. The van der Waals surface area contributed by atoms with Crippen molar-refractivity contribution < 1.29 is 9.90 Å². The van der Waals surface area contributed by atoms with Crippen molar-refractivity contribution in [2.24, 2.45) is 10.8 Å². The van der Waals surface area contributed by atoms with Gasteiger partial charge in [0.1, 0.15) is 0 Å². The van der Waals surface area contributed by atoms with Crippen LogP contribution in [0.3, 0.4) is 0 Å². The molecule has 3 heteroatoms. The van der Waals surface area contributed by atoms with Crippen molar-refractivity contribution in [3.05, 3.63) is 29.8 Å². The third-order valence-corrected chi connectivity index (χ3v) is 4.18. The average Bonchev–Trinajstić information content (AvgIpc) is 2.48. The molecule has 0 aliphatic carbocycles. The number of hydrogen-bond donors (Lipinski definition) is 2. The van der Waals surface area contributed by atoms with Crippen LogP contribution in [0.5, 0.6) is 0 Å². The van der Waals surface area contributed by atoms with E-state index in [1.165, 1.54) is 12.8 Å². The number of aromatic carboxylic acids is 1. The Hall–Kier alpha value is -1.51. The summed E-state index contributed by atoms with van der Waals surface area (Å²) in [6.07, 6.45) is 3.49. The van der Waals surface area contributed by atoms with Crippen molar-refractivity contribution in [3.8, 4) is 0 Å². The Balaban J connectivity index is 0.00000232. The van der Waals surface area contributed by atoms with Gasteiger partial charge in [-0.3, -0.25) is 0 Å². The van der Waals surface area contributed by atoms with E-state index in [9.17, 15) is 4.79 Å². The van der Waals surface area contributed by atoms with E-state index in [2.05, 4.69) is 39.9 Å². The molecule has 0 unspecified atom stereocenters. The molecule has 1 aromatic rings. The Kier molecular flexibility index (Phi) is 8.96. The van der Waals surface area contributed by atoms with Crippen molar-refractivity contribution in [3.63, 3.8) is 0 Å². The van der Waals surface area contributed by atoms with Crippen LogP contribution in [-0.4, -0.2) is 17.6 Å². The van der Waals surface area contributed by atoms with E-state index in [1.54, 1.807) is 12.1 Å². The number of carbonyl (C=O) groups is 1. The first-order chi connectivity index (χ1) is 10.7. The van der Waals surface area contributed by atoms with E-state index in [0.717, 1.165) is 18.7 Å². The average molecular weight is 322 g/mol. The minimum absolute atomic E-state index is 0.299. The largest absolute Gasteiger partial charge is 0.478 e. The molecule has 0 fully saturated rings. The van der Waals surface area contributed by atoms with Gasteiger partial charge in [-0.25, -0.2) is 4.79 Å². The summed E-state index contributed by atoms with van der Waals surface area (Å²) in [6, 6.07) is 6.92. The van der Waals surface area contributed by atoms with Crippen LogP contribution in [0.4, 0.5) is 5.69 Å². The number of anilines is 1. The Morgan fingerprint density at radius 3 is 2.00 bits per heavy atom. The molecule has 0 heterocycles. The van der Waals surface area contributed by atoms with Crippen LogP contribution in [0.1, 0.15) is 78.1 Å². The number of rotatable bonds is 8. The lowest BCUT2D eigenvalue weighted by Gasteiger charge is -2.34. The highest BCUT2D eigenvalue weighted by molar-refractivity contribution is 5.87. The lowest BCUT2D eigenvalue weighted by Crippen LogP contribution is -2.25. The van der Waals surface area contributed by atoms with E-state index < -0.39 is 5.97 Å². The molecule has 0 aliphatic rings. The maximum Gasteiger partial charge on any atom is 0.335 e. The van der Waals surface area contributed by atoms with E-state index in [4.69, 9.17) is 5.11 Å². The Morgan fingerprint density at radius 2 is 1.57 bits per heavy atom. The summed E-state index contributed by atoms with van der Waals surface area (Å²) in [5, 5.41) is 12.2. The zero-order valence-corrected chi connectivity index (χ0v) is 16.0. The van der Waals surface area contributed by atoms with Gasteiger partial charge in [-0.05, 0) is 47.9 Å². The molecule has 0 radical (unpaired) electrons. The normalized spacial score (nSPS) is 11.4. The number of nitrogens with one attached hydrogen (secondary N) is 1. The second kappa shape index (κ2) is 9.59. The summed E-state index contributed by atoms with van der Waals surface area (Å²) in [5.74, 6) is -0.885. The quantitative estimate of drug-likeness (QED) is 0.611. The van der Waals surface area contributed by atoms with Crippen LogP contribution in [-0.2, 0) is 0 Å². The summed E-state index contributed by atoms with van der Waals surface area (Å²) in [6.45, 7) is 16.4. The highest BCUT2D eigenvalue weighted by Crippen LogP contribution is 2.38. The minimum atomic E-state index is -0.885. The molecule has 0 spiro atoms. The van der Waals surface area contributed by atoms with Crippen LogP contribution in [0.15, 0.2) is 24.3 Å². The van der Waals surface area contributed by atoms with Gasteiger partial charge < -0.3 is 10.4 Å². The van der Waals surface area contributed by atoms with Crippen LogP contribution in [0.2, 0.25) is 0 Å². The van der Waals surface area contributed by atoms with Crippen molar-refractivity contribution in [1.29, 1.82) is 0 Å². The van der Waals surface area contributed by atoms with E-state index >= 15 is 0 Å². The van der Waals surface area contributed by atoms with Gasteiger partial charge >= 0.3 is 5.97 Å². The van der Waals surface area contributed by atoms with Crippen molar-refractivity contribution in [2.45, 2.75) is 67.7 Å². The van der Waals surface area contributed by atoms with Crippen LogP contribution in [0, 0.1) is 10.8 Å². The standard InChI is InChI=1S/C18H29NO2.C2H6/c1-6-17(2,3)13-18(4,5)11-12-19-15-9-7-14(8-10-15)16(20)21;1-2/h7-10,19H,6,11-13H2,1-5H3,(H,20,21);1-2H3. The van der Waals surface area contributed by atoms with E-state index in [1.807, 2.05) is 26.0 Å². The van der Waals surface area contributed by atoms with Gasteiger partial charge in [0.2, 0.25) is 0 Å². The lowest BCUT2D eigenvalue weighted by atomic mass is 9.72. The number of benzene rings is 1. The monoisotopic (exact) mass is 321 g/mol. The maximum atomic E-state index is 10.8. The second-order valence-corrected chi connectivity index (χ2v) is 7.42. The zero-order chi connectivity index (χ0) is 18.1. The summed E-state index contributed by atoms with van der Waals surface area (Å²) in [4.78, 5) is 10.8. The highest BCUT2D eigenvalue weighted by atomic mass is 16.4. The second-order valence-electron chi connectivity index (χ2n) is 7.42. The van der Waals surface area contributed by atoms with Crippen LogP contribution < -0.4 is 5.32 Å². The predicted molar refractivity (Wildman–Crippen MR) is 100 cm³/mol. The van der Waals surface area contributed by atoms with Gasteiger partial charge in [0.15, 0.2) is 0 Å². The summed E-state index contributed by atoms with van der Waals surface area (Å²) in [7, 11) is 0. The molecule has 0 saturated heterocycles. The third kappa shape index (κ3) is 8.63.